The van der Waals surface area contributed by atoms with Crippen molar-refractivity contribution in [2.45, 2.75) is 10.8 Å². The molecule has 0 aliphatic heterocycles. The lowest BCUT2D eigenvalue weighted by Crippen LogP contribution is -2.18. The summed E-state index contributed by atoms with van der Waals surface area (Å²) in [7, 11) is 0. The summed E-state index contributed by atoms with van der Waals surface area (Å²) in [5.74, 6) is -4.82. The van der Waals surface area contributed by atoms with Gasteiger partial charge in [0.1, 0.15) is 10.0 Å². The quantitative estimate of drug-likeness (QED) is 0.373. The van der Waals surface area contributed by atoms with Crippen molar-refractivity contribution in [2.75, 3.05) is 10.6 Å². The van der Waals surface area contributed by atoms with Crippen molar-refractivity contribution in [1.82, 2.24) is 0 Å². The van der Waals surface area contributed by atoms with Crippen LogP contribution in [0, 0.1) is 27.7 Å². The Morgan fingerprint density at radius 1 is 1.14 bits per heavy atom. The van der Waals surface area contributed by atoms with Crippen LogP contribution in [0.2, 0.25) is 5.02 Å². The van der Waals surface area contributed by atoms with Crippen molar-refractivity contribution < 1.29 is 23.3 Å². The fraction of sp³-hybridized carbons (Fsp3) is 0.176. The number of alkyl halides is 2. The zero-order chi connectivity index (χ0) is 21.5. The molecule has 152 valence electrons. The van der Waals surface area contributed by atoms with Gasteiger partial charge in [0.05, 0.1) is 27.5 Å². The van der Waals surface area contributed by atoms with Gasteiger partial charge in [0.2, 0.25) is 5.91 Å². The fourth-order valence-corrected chi connectivity index (χ4v) is 3.19. The first-order valence-corrected chi connectivity index (χ1v) is 9.06. The van der Waals surface area contributed by atoms with E-state index < -0.39 is 50.0 Å². The average molecular weight is 465 g/mol. The third-order valence-corrected chi connectivity index (χ3v) is 5.27. The number of amides is 2. The number of nitro benzene ring substituents is 1. The maximum atomic E-state index is 13.5. The number of anilines is 2. The van der Waals surface area contributed by atoms with E-state index in [2.05, 4.69) is 10.6 Å². The number of nitrogens with one attached hydrogen (secondary N) is 2. The van der Waals surface area contributed by atoms with E-state index in [-0.39, 0.29) is 22.7 Å². The summed E-state index contributed by atoms with van der Waals surface area (Å²) in [5, 5.41) is 15.6. The molecule has 0 aromatic heterocycles. The first-order chi connectivity index (χ1) is 13.5. The van der Waals surface area contributed by atoms with Crippen LogP contribution in [0.5, 0.6) is 0 Å². The molecule has 7 nitrogen and oxygen atoms in total. The largest absolute Gasteiger partial charge is 0.326 e. The van der Waals surface area contributed by atoms with Gasteiger partial charge in [-0.1, -0.05) is 11.6 Å². The molecule has 0 spiro atoms. The van der Waals surface area contributed by atoms with Gasteiger partial charge in [-0.3, -0.25) is 19.7 Å². The predicted molar refractivity (Wildman–Crippen MR) is 104 cm³/mol. The first-order valence-electron chi connectivity index (χ1n) is 7.92. The second-order valence-corrected chi connectivity index (χ2v) is 8.15. The van der Waals surface area contributed by atoms with E-state index in [1.54, 1.807) is 0 Å². The second kappa shape index (κ2) is 7.74. The molecule has 0 heterocycles. The molecule has 2 aromatic carbocycles. The van der Waals surface area contributed by atoms with Crippen molar-refractivity contribution in [1.29, 1.82) is 0 Å². The standard InChI is InChI=1S/C17H10Cl3F2N3O4/c18-10-2-1-7(23-16(27)9-6-17(9,19)20)3-8(10)15(26)24-13-4-11(21)12(22)5-14(13)25(28)29/h1-5,9H,6H2,(H,23,27)(H,24,26). The predicted octanol–water partition coefficient (Wildman–Crippen LogP) is 4.91. The van der Waals surface area contributed by atoms with Crippen molar-refractivity contribution >= 4 is 63.7 Å². The monoisotopic (exact) mass is 463 g/mol. The zero-order valence-electron chi connectivity index (χ0n) is 14.1. The Morgan fingerprint density at radius 3 is 2.34 bits per heavy atom. The van der Waals surface area contributed by atoms with Gasteiger partial charge in [-0.15, -0.1) is 23.2 Å². The van der Waals surface area contributed by atoms with E-state index in [1.807, 2.05) is 0 Å². The third kappa shape index (κ3) is 4.58. The lowest BCUT2D eigenvalue weighted by atomic mass is 10.1. The number of rotatable bonds is 5. The molecule has 1 unspecified atom stereocenters. The fourth-order valence-electron chi connectivity index (χ4n) is 2.48. The topological polar surface area (TPSA) is 101 Å². The van der Waals surface area contributed by atoms with Crippen LogP contribution in [-0.2, 0) is 4.79 Å². The summed E-state index contributed by atoms with van der Waals surface area (Å²) in [4.78, 5) is 34.6. The van der Waals surface area contributed by atoms with Gasteiger partial charge >= 0.3 is 0 Å². The summed E-state index contributed by atoms with van der Waals surface area (Å²) in [6, 6.07) is 4.78. The van der Waals surface area contributed by atoms with Crippen molar-refractivity contribution in [3.8, 4) is 0 Å². The Morgan fingerprint density at radius 2 is 1.76 bits per heavy atom. The number of benzene rings is 2. The van der Waals surface area contributed by atoms with Crippen LogP contribution in [0.4, 0.5) is 25.8 Å². The number of carbonyl (C=O) groups is 2. The van der Waals surface area contributed by atoms with Gasteiger partial charge < -0.3 is 10.6 Å². The summed E-state index contributed by atoms with van der Waals surface area (Å²) >= 11 is 17.7. The van der Waals surface area contributed by atoms with Gasteiger partial charge in [0.25, 0.3) is 11.6 Å². The Balaban J connectivity index is 1.84. The summed E-state index contributed by atoms with van der Waals surface area (Å²) in [5.41, 5.74) is -1.37. The zero-order valence-corrected chi connectivity index (χ0v) is 16.4. The third-order valence-electron chi connectivity index (χ3n) is 4.10. The molecule has 2 aromatic rings. The number of nitro groups is 1. The van der Waals surface area contributed by atoms with E-state index in [0.717, 1.165) is 0 Å². The highest BCUT2D eigenvalue weighted by molar-refractivity contribution is 6.52. The normalized spacial score (nSPS) is 16.8. The van der Waals surface area contributed by atoms with E-state index in [1.165, 1.54) is 18.2 Å². The minimum absolute atomic E-state index is 0.0406. The molecule has 0 saturated heterocycles. The van der Waals surface area contributed by atoms with Crippen LogP contribution in [0.1, 0.15) is 16.8 Å². The molecule has 2 N–H and O–H groups in total. The van der Waals surface area contributed by atoms with E-state index in [9.17, 15) is 28.5 Å². The van der Waals surface area contributed by atoms with Gasteiger partial charge in [-0.25, -0.2) is 8.78 Å². The van der Waals surface area contributed by atoms with Crippen molar-refractivity contribution in [2.24, 2.45) is 5.92 Å². The van der Waals surface area contributed by atoms with Crippen molar-refractivity contribution in [3.05, 3.63) is 62.7 Å². The molecule has 1 aliphatic carbocycles. The Kier molecular flexibility index (Phi) is 5.66. The highest BCUT2D eigenvalue weighted by atomic mass is 35.5. The maximum absolute atomic E-state index is 13.5. The van der Waals surface area contributed by atoms with Crippen LogP contribution in [0.3, 0.4) is 0 Å². The summed E-state index contributed by atoms with van der Waals surface area (Å²) in [6.45, 7) is 0. The Hall–Kier alpha value is -2.49. The SMILES string of the molecule is O=C(Nc1cc(F)c(F)cc1[N+](=O)[O-])c1cc(NC(=O)C2CC2(Cl)Cl)ccc1Cl. The molecule has 1 aliphatic rings. The minimum atomic E-state index is -1.44. The maximum Gasteiger partial charge on any atom is 0.295 e. The van der Waals surface area contributed by atoms with Crippen LogP contribution >= 0.6 is 34.8 Å². The Labute approximate surface area is 177 Å². The average Bonchev–Trinajstić information content (AvgIpc) is 3.27. The van der Waals surface area contributed by atoms with Crippen LogP contribution in [-0.4, -0.2) is 21.1 Å². The van der Waals surface area contributed by atoms with Crippen LogP contribution in [0.15, 0.2) is 30.3 Å². The van der Waals surface area contributed by atoms with Crippen molar-refractivity contribution in [3.63, 3.8) is 0 Å². The van der Waals surface area contributed by atoms with E-state index in [0.29, 0.717) is 12.1 Å². The van der Waals surface area contributed by atoms with Gasteiger partial charge in [0.15, 0.2) is 11.6 Å². The molecule has 29 heavy (non-hydrogen) atoms. The molecule has 2 amide bonds. The molecule has 12 heteroatoms. The molecule has 1 saturated carbocycles. The molecule has 3 rings (SSSR count). The lowest BCUT2D eigenvalue weighted by Gasteiger charge is -2.11. The number of carbonyl (C=O) groups excluding carboxylic acids is 2. The molecular formula is C17H10Cl3F2N3O4. The van der Waals surface area contributed by atoms with E-state index in [4.69, 9.17) is 34.8 Å². The molecular weight excluding hydrogens is 455 g/mol. The highest BCUT2D eigenvalue weighted by Crippen LogP contribution is 2.53. The lowest BCUT2D eigenvalue weighted by molar-refractivity contribution is -0.384. The van der Waals surface area contributed by atoms with Gasteiger partial charge in [-0.05, 0) is 24.6 Å². The van der Waals surface area contributed by atoms with Gasteiger partial charge in [-0.2, -0.15) is 0 Å². The minimum Gasteiger partial charge on any atom is -0.326 e. The second-order valence-electron chi connectivity index (χ2n) is 6.20. The smallest absolute Gasteiger partial charge is 0.295 e. The van der Waals surface area contributed by atoms with Gasteiger partial charge in [0, 0.05) is 11.8 Å². The number of halogens is 5. The number of nitrogens with zero attached hydrogens (tertiary/aromatic N) is 1. The van der Waals surface area contributed by atoms with E-state index >= 15 is 0 Å². The van der Waals surface area contributed by atoms with Crippen LogP contribution in [0.25, 0.3) is 0 Å². The number of hydrogen-bond donors (Lipinski definition) is 2. The first kappa shape index (κ1) is 21.2. The number of hydrogen-bond acceptors (Lipinski definition) is 4. The summed E-state index contributed by atoms with van der Waals surface area (Å²) in [6.07, 6.45) is 0.280. The molecule has 1 atom stereocenters. The van der Waals surface area contributed by atoms with Crippen LogP contribution < -0.4 is 10.6 Å². The highest BCUT2D eigenvalue weighted by Gasteiger charge is 2.56. The summed E-state index contributed by atoms with van der Waals surface area (Å²) < 4.78 is 25.6. The Bertz CT molecular complexity index is 1050. The molecule has 0 bridgehead atoms. The molecule has 1 fully saturated rings. The molecule has 0 radical (unpaired) electrons.